The Bertz CT molecular complexity index is 951. The van der Waals surface area contributed by atoms with E-state index in [1.165, 1.54) is 16.8 Å². The summed E-state index contributed by atoms with van der Waals surface area (Å²) in [7, 11) is 1.53. The standard InChI is InChI=1S/C21H23ClN4O5/c1-25(19(29)12-27)16-8-6-14(7-9-16)23-20(30)18-10-17(28)11-26(18)21(31)24-15-4-2-13(22)3-5-15/h2-9,17-18,27-28H,10-12H2,1H3,(H,23,30)(H,24,31)/t17-,18-/m1/s1. The monoisotopic (exact) mass is 446 g/mol. The Morgan fingerprint density at radius 2 is 1.65 bits per heavy atom. The highest BCUT2D eigenvalue weighted by Gasteiger charge is 2.39. The fourth-order valence-corrected chi connectivity index (χ4v) is 3.39. The van der Waals surface area contributed by atoms with Gasteiger partial charge in [0, 0.05) is 42.1 Å². The molecule has 0 radical (unpaired) electrons. The van der Waals surface area contributed by atoms with Gasteiger partial charge in [-0.25, -0.2) is 4.79 Å². The van der Waals surface area contributed by atoms with Crippen molar-refractivity contribution in [3.8, 4) is 0 Å². The van der Waals surface area contributed by atoms with Crippen molar-refractivity contribution in [1.82, 2.24) is 4.90 Å². The lowest BCUT2D eigenvalue weighted by atomic mass is 10.1. The normalized spacial score (nSPS) is 17.9. The fraction of sp³-hybridized carbons (Fsp3) is 0.286. The van der Waals surface area contributed by atoms with Crippen LogP contribution in [0.25, 0.3) is 0 Å². The number of hydrogen-bond acceptors (Lipinski definition) is 5. The fourth-order valence-electron chi connectivity index (χ4n) is 3.26. The van der Waals surface area contributed by atoms with E-state index in [1.807, 2.05) is 0 Å². The Morgan fingerprint density at radius 1 is 1.06 bits per heavy atom. The number of aliphatic hydroxyl groups excluding tert-OH is 2. The molecule has 10 heteroatoms. The van der Waals surface area contributed by atoms with Crippen molar-refractivity contribution < 1.29 is 24.6 Å². The van der Waals surface area contributed by atoms with E-state index in [0.29, 0.717) is 22.1 Å². The van der Waals surface area contributed by atoms with Crippen molar-refractivity contribution in [3.63, 3.8) is 0 Å². The molecule has 0 saturated carbocycles. The van der Waals surface area contributed by atoms with Crippen molar-refractivity contribution >= 4 is 46.5 Å². The van der Waals surface area contributed by atoms with Crippen LogP contribution in [0.4, 0.5) is 21.9 Å². The zero-order valence-electron chi connectivity index (χ0n) is 16.8. The molecule has 0 unspecified atom stereocenters. The molecule has 2 aromatic carbocycles. The van der Waals surface area contributed by atoms with Gasteiger partial charge < -0.3 is 30.6 Å². The van der Waals surface area contributed by atoms with Crippen LogP contribution in [0.3, 0.4) is 0 Å². The van der Waals surface area contributed by atoms with Crippen LogP contribution in [0.5, 0.6) is 0 Å². The van der Waals surface area contributed by atoms with Crippen LogP contribution in [-0.4, -0.2) is 65.3 Å². The number of halogens is 1. The van der Waals surface area contributed by atoms with Gasteiger partial charge in [-0.2, -0.15) is 0 Å². The Morgan fingerprint density at radius 3 is 2.26 bits per heavy atom. The lowest BCUT2D eigenvalue weighted by Gasteiger charge is -2.24. The number of carbonyl (C=O) groups excluding carboxylic acids is 3. The van der Waals surface area contributed by atoms with E-state index in [9.17, 15) is 19.5 Å². The largest absolute Gasteiger partial charge is 0.391 e. The van der Waals surface area contributed by atoms with Crippen molar-refractivity contribution in [1.29, 1.82) is 0 Å². The number of likely N-dealkylation sites (tertiary alicyclic amines) is 1. The number of benzene rings is 2. The zero-order chi connectivity index (χ0) is 22.5. The van der Waals surface area contributed by atoms with Gasteiger partial charge in [0.15, 0.2) is 0 Å². The summed E-state index contributed by atoms with van der Waals surface area (Å²) in [5.74, 6) is -0.894. The number of rotatable bonds is 5. The first-order chi connectivity index (χ1) is 14.8. The quantitative estimate of drug-likeness (QED) is 0.558. The van der Waals surface area contributed by atoms with E-state index in [1.54, 1.807) is 48.5 Å². The van der Waals surface area contributed by atoms with Crippen LogP contribution in [0.2, 0.25) is 5.02 Å². The molecule has 2 atom stereocenters. The summed E-state index contributed by atoms with van der Waals surface area (Å²) in [6.07, 6.45) is -0.696. The van der Waals surface area contributed by atoms with Crippen LogP contribution in [0.15, 0.2) is 48.5 Å². The molecular formula is C21H23ClN4O5. The van der Waals surface area contributed by atoms with E-state index < -0.39 is 36.6 Å². The average Bonchev–Trinajstić information content (AvgIpc) is 3.17. The SMILES string of the molecule is CN(C(=O)CO)c1ccc(NC(=O)[C@H]2C[C@@H](O)CN2C(=O)Nc2ccc(Cl)cc2)cc1. The van der Waals surface area contributed by atoms with Gasteiger partial charge in [-0.1, -0.05) is 11.6 Å². The third-order valence-corrected chi connectivity index (χ3v) is 5.22. The molecule has 1 fully saturated rings. The second kappa shape index (κ2) is 9.78. The van der Waals surface area contributed by atoms with E-state index in [4.69, 9.17) is 16.7 Å². The van der Waals surface area contributed by atoms with Gasteiger partial charge in [-0.05, 0) is 48.5 Å². The molecule has 0 aliphatic carbocycles. The molecule has 31 heavy (non-hydrogen) atoms. The molecule has 164 valence electrons. The molecular weight excluding hydrogens is 424 g/mol. The first-order valence-corrected chi connectivity index (χ1v) is 9.96. The van der Waals surface area contributed by atoms with Crippen molar-refractivity contribution in [3.05, 3.63) is 53.6 Å². The molecule has 0 spiro atoms. The Labute approximate surface area is 184 Å². The zero-order valence-corrected chi connectivity index (χ0v) is 17.5. The Balaban J connectivity index is 1.65. The van der Waals surface area contributed by atoms with E-state index >= 15 is 0 Å². The number of anilines is 3. The number of likely N-dealkylation sites (N-methyl/N-ethyl adjacent to an activating group) is 1. The summed E-state index contributed by atoms with van der Waals surface area (Å²) in [6.45, 7) is -0.572. The molecule has 1 heterocycles. The third kappa shape index (κ3) is 5.52. The third-order valence-electron chi connectivity index (χ3n) is 4.97. The maximum Gasteiger partial charge on any atom is 0.322 e. The summed E-state index contributed by atoms with van der Waals surface area (Å²) < 4.78 is 0. The molecule has 3 rings (SSSR count). The minimum Gasteiger partial charge on any atom is -0.391 e. The number of hydrogen-bond donors (Lipinski definition) is 4. The molecule has 4 N–H and O–H groups in total. The molecule has 1 saturated heterocycles. The number of carbonyl (C=O) groups is 3. The maximum absolute atomic E-state index is 12.8. The predicted octanol–water partition coefficient (Wildman–Crippen LogP) is 1.90. The molecule has 2 aromatic rings. The minimum absolute atomic E-state index is 0.0323. The predicted molar refractivity (Wildman–Crippen MR) is 117 cm³/mol. The van der Waals surface area contributed by atoms with Crippen LogP contribution >= 0.6 is 11.6 Å². The Hall–Kier alpha value is -3.14. The summed E-state index contributed by atoms with van der Waals surface area (Å²) >= 11 is 5.85. The van der Waals surface area contributed by atoms with Crippen molar-refractivity contribution in [2.45, 2.75) is 18.6 Å². The van der Waals surface area contributed by atoms with E-state index in [-0.39, 0.29) is 13.0 Å². The van der Waals surface area contributed by atoms with Gasteiger partial charge in [0.1, 0.15) is 12.6 Å². The molecule has 1 aliphatic heterocycles. The van der Waals surface area contributed by atoms with E-state index in [2.05, 4.69) is 10.6 Å². The lowest BCUT2D eigenvalue weighted by molar-refractivity contribution is -0.121. The lowest BCUT2D eigenvalue weighted by Crippen LogP contribution is -2.45. The average molecular weight is 447 g/mol. The molecule has 1 aliphatic rings. The molecule has 4 amide bonds. The van der Waals surface area contributed by atoms with Gasteiger partial charge in [-0.3, -0.25) is 9.59 Å². The minimum atomic E-state index is -0.847. The van der Waals surface area contributed by atoms with Gasteiger partial charge in [0.25, 0.3) is 5.91 Å². The number of urea groups is 1. The number of aliphatic hydroxyl groups is 2. The van der Waals surface area contributed by atoms with Crippen LogP contribution < -0.4 is 15.5 Å². The van der Waals surface area contributed by atoms with Crippen LogP contribution in [0, 0.1) is 0 Å². The van der Waals surface area contributed by atoms with Gasteiger partial charge in [0.2, 0.25) is 5.91 Å². The molecule has 0 bridgehead atoms. The van der Waals surface area contributed by atoms with Crippen molar-refractivity contribution in [2.24, 2.45) is 0 Å². The van der Waals surface area contributed by atoms with Gasteiger partial charge in [-0.15, -0.1) is 0 Å². The highest BCUT2D eigenvalue weighted by atomic mass is 35.5. The second-order valence-electron chi connectivity index (χ2n) is 7.14. The summed E-state index contributed by atoms with van der Waals surface area (Å²) in [5.41, 5.74) is 1.54. The Kier molecular flexibility index (Phi) is 7.11. The van der Waals surface area contributed by atoms with Gasteiger partial charge in [0.05, 0.1) is 6.10 Å². The molecule has 0 aromatic heterocycles. The number of nitrogens with one attached hydrogen (secondary N) is 2. The molecule has 9 nitrogen and oxygen atoms in total. The van der Waals surface area contributed by atoms with Gasteiger partial charge >= 0.3 is 6.03 Å². The van der Waals surface area contributed by atoms with Crippen LogP contribution in [0.1, 0.15) is 6.42 Å². The first-order valence-electron chi connectivity index (χ1n) is 9.58. The smallest absolute Gasteiger partial charge is 0.322 e. The highest BCUT2D eigenvalue weighted by Crippen LogP contribution is 2.23. The maximum atomic E-state index is 12.8. The van der Waals surface area contributed by atoms with Crippen LogP contribution in [-0.2, 0) is 9.59 Å². The number of β-amino-alcohol motifs (C(OH)–C–C–N with tert-alkyl or cyclic N) is 1. The number of nitrogens with zero attached hydrogens (tertiary/aromatic N) is 2. The second-order valence-corrected chi connectivity index (χ2v) is 7.58. The summed E-state index contributed by atoms with van der Waals surface area (Å²) in [4.78, 5) is 39.6. The first kappa shape index (κ1) is 22.5. The summed E-state index contributed by atoms with van der Waals surface area (Å²) in [5, 5.41) is 24.9. The van der Waals surface area contributed by atoms with Crippen molar-refractivity contribution in [2.75, 3.05) is 35.7 Å². The summed E-state index contributed by atoms with van der Waals surface area (Å²) in [6, 6.07) is 11.7. The number of amides is 4. The highest BCUT2D eigenvalue weighted by molar-refractivity contribution is 6.30. The van der Waals surface area contributed by atoms with E-state index in [0.717, 1.165) is 0 Å². The topological polar surface area (TPSA) is 122 Å².